The average Bonchev–Trinajstić information content (AvgIpc) is 2.82. The van der Waals surface area contributed by atoms with Gasteiger partial charge in [0.15, 0.2) is 16.9 Å². The molecule has 0 aliphatic heterocycles. The summed E-state index contributed by atoms with van der Waals surface area (Å²) in [7, 11) is 4.89. The maximum atomic E-state index is 13.6. The van der Waals surface area contributed by atoms with Crippen molar-refractivity contribution >= 4 is 34.2 Å². The van der Waals surface area contributed by atoms with Crippen LogP contribution >= 0.6 is 11.6 Å². The normalized spacial score (nSPS) is 10.8. The molecule has 1 N–H and O–H groups in total. The molecule has 1 heterocycles. The Labute approximate surface area is 190 Å². The van der Waals surface area contributed by atoms with Crippen LogP contribution in [0.2, 0.25) is 5.02 Å². The van der Waals surface area contributed by atoms with E-state index in [1.165, 1.54) is 7.11 Å². The molecule has 0 saturated carbocycles. The first kappa shape index (κ1) is 21.5. The number of carbonyl (C=O) groups excluding carboxylic acids is 1. The van der Waals surface area contributed by atoms with E-state index in [9.17, 15) is 9.59 Å². The number of aryl methyl sites for hydroxylation is 1. The molecule has 0 aliphatic rings. The predicted molar refractivity (Wildman–Crippen MR) is 127 cm³/mol. The van der Waals surface area contributed by atoms with Crippen LogP contribution in [0, 0.1) is 0 Å². The summed E-state index contributed by atoms with van der Waals surface area (Å²) in [5.41, 5.74) is 1.88. The quantitative estimate of drug-likeness (QED) is 0.459. The molecule has 0 saturated heterocycles. The first-order valence-corrected chi connectivity index (χ1v) is 10.2. The number of fused-ring (bicyclic) bond motifs is 1. The number of benzene rings is 3. The highest BCUT2D eigenvalue weighted by Gasteiger charge is 2.20. The van der Waals surface area contributed by atoms with E-state index in [1.54, 1.807) is 60.2 Å². The molecule has 0 bridgehead atoms. The van der Waals surface area contributed by atoms with Gasteiger partial charge >= 0.3 is 0 Å². The maximum absolute atomic E-state index is 13.6. The number of nitrogens with one attached hydrogen (secondary N) is 1. The van der Waals surface area contributed by atoms with Crippen molar-refractivity contribution in [2.45, 2.75) is 0 Å². The summed E-state index contributed by atoms with van der Waals surface area (Å²) in [4.78, 5) is 26.6. The van der Waals surface area contributed by atoms with Gasteiger partial charge in [0.1, 0.15) is 5.82 Å². The Hall–Kier alpha value is -3.77. The minimum Gasteiger partial charge on any atom is -0.493 e. The van der Waals surface area contributed by atoms with E-state index < -0.39 is 0 Å². The summed E-state index contributed by atoms with van der Waals surface area (Å²) in [5, 5.41) is 4.00. The van der Waals surface area contributed by atoms with Gasteiger partial charge in [-0.3, -0.25) is 9.59 Å². The molecular weight excluding hydrogens is 428 g/mol. The number of nitrogens with zero attached hydrogens (tertiary/aromatic N) is 1. The Morgan fingerprint density at radius 2 is 1.62 bits per heavy atom. The third kappa shape index (κ3) is 3.81. The highest BCUT2D eigenvalue weighted by Crippen LogP contribution is 2.35. The van der Waals surface area contributed by atoms with E-state index in [0.29, 0.717) is 49.9 Å². The molecule has 32 heavy (non-hydrogen) atoms. The van der Waals surface area contributed by atoms with Gasteiger partial charge in [0.2, 0.25) is 0 Å². The Morgan fingerprint density at radius 1 is 0.938 bits per heavy atom. The number of rotatable bonds is 5. The fourth-order valence-electron chi connectivity index (χ4n) is 3.68. The van der Waals surface area contributed by atoms with Gasteiger partial charge in [-0.2, -0.15) is 0 Å². The van der Waals surface area contributed by atoms with E-state index >= 15 is 0 Å². The van der Waals surface area contributed by atoms with Crippen LogP contribution in [-0.2, 0) is 7.05 Å². The molecule has 6 nitrogen and oxygen atoms in total. The summed E-state index contributed by atoms with van der Waals surface area (Å²) in [6.07, 6.45) is 0. The monoisotopic (exact) mass is 448 g/mol. The minimum absolute atomic E-state index is 0.197. The van der Waals surface area contributed by atoms with E-state index in [0.717, 1.165) is 0 Å². The standard InChI is InChI=1S/C25H21ClN2O4/c1-28-19-7-5-4-6-18(19)23(29)22(16-10-13-20(31-2)21(14-16)32-3)24(28)27-25(30)15-8-11-17(26)12-9-15/h4-14H,1-3H3,(H,27,30). The minimum atomic E-state index is -0.353. The van der Waals surface area contributed by atoms with Crippen molar-refractivity contribution in [3.05, 3.63) is 87.5 Å². The zero-order valence-corrected chi connectivity index (χ0v) is 18.6. The number of pyridine rings is 1. The lowest BCUT2D eigenvalue weighted by molar-refractivity contribution is 0.102. The molecule has 0 atom stereocenters. The third-order valence-electron chi connectivity index (χ3n) is 5.32. The molecule has 0 aliphatic carbocycles. The van der Waals surface area contributed by atoms with E-state index in [4.69, 9.17) is 21.1 Å². The molecule has 0 spiro atoms. The molecule has 7 heteroatoms. The van der Waals surface area contributed by atoms with Gasteiger partial charge in [-0.05, 0) is 54.1 Å². The molecule has 0 unspecified atom stereocenters. The second-order valence-electron chi connectivity index (χ2n) is 7.16. The van der Waals surface area contributed by atoms with Crippen LogP contribution < -0.4 is 20.2 Å². The molecule has 1 amide bonds. The number of para-hydroxylation sites is 1. The molecule has 3 aromatic carbocycles. The summed E-state index contributed by atoms with van der Waals surface area (Å²) in [5.74, 6) is 1.05. The highest BCUT2D eigenvalue weighted by molar-refractivity contribution is 6.30. The SMILES string of the molecule is COc1ccc(-c2c(NC(=O)c3ccc(Cl)cc3)n(C)c3ccccc3c2=O)cc1OC. The van der Waals surface area contributed by atoms with Crippen LogP contribution in [0.3, 0.4) is 0 Å². The Balaban J connectivity index is 1.95. The summed E-state index contributed by atoms with van der Waals surface area (Å²) in [6, 6.07) is 19.0. The lowest BCUT2D eigenvalue weighted by Gasteiger charge is -2.19. The molecule has 162 valence electrons. The number of halogens is 1. The second-order valence-corrected chi connectivity index (χ2v) is 7.60. The Morgan fingerprint density at radius 3 is 2.31 bits per heavy atom. The lowest BCUT2D eigenvalue weighted by atomic mass is 10.0. The summed E-state index contributed by atoms with van der Waals surface area (Å²) < 4.78 is 12.6. The fourth-order valence-corrected chi connectivity index (χ4v) is 3.80. The Bertz CT molecular complexity index is 1380. The van der Waals surface area contributed by atoms with Gasteiger partial charge in [-0.1, -0.05) is 29.8 Å². The van der Waals surface area contributed by atoms with E-state index in [-0.39, 0.29) is 11.3 Å². The predicted octanol–water partition coefficient (Wildman–Crippen LogP) is 5.13. The molecule has 4 rings (SSSR count). The van der Waals surface area contributed by atoms with E-state index in [2.05, 4.69) is 5.32 Å². The highest BCUT2D eigenvalue weighted by atomic mass is 35.5. The molecule has 0 fully saturated rings. The van der Waals surface area contributed by atoms with Crippen molar-refractivity contribution in [1.82, 2.24) is 4.57 Å². The molecule has 0 radical (unpaired) electrons. The topological polar surface area (TPSA) is 69.6 Å². The largest absolute Gasteiger partial charge is 0.493 e. The van der Waals surface area contributed by atoms with Crippen molar-refractivity contribution < 1.29 is 14.3 Å². The van der Waals surface area contributed by atoms with Gasteiger partial charge in [0, 0.05) is 23.0 Å². The number of hydrogen-bond donors (Lipinski definition) is 1. The average molecular weight is 449 g/mol. The van der Waals surface area contributed by atoms with Crippen LogP contribution in [0.15, 0.2) is 71.5 Å². The van der Waals surface area contributed by atoms with Gasteiger partial charge in [0.05, 0.1) is 25.3 Å². The molecular formula is C25H21ClN2O4. The third-order valence-corrected chi connectivity index (χ3v) is 5.57. The number of aromatic nitrogens is 1. The zero-order valence-electron chi connectivity index (χ0n) is 17.8. The zero-order chi connectivity index (χ0) is 22.8. The lowest BCUT2D eigenvalue weighted by Crippen LogP contribution is -2.21. The van der Waals surface area contributed by atoms with Crippen molar-refractivity contribution in [1.29, 1.82) is 0 Å². The van der Waals surface area contributed by atoms with Crippen LogP contribution in [-0.4, -0.2) is 24.7 Å². The molecule has 4 aromatic rings. The number of carbonyl (C=O) groups is 1. The van der Waals surface area contributed by atoms with Crippen molar-refractivity contribution in [3.8, 4) is 22.6 Å². The van der Waals surface area contributed by atoms with Crippen molar-refractivity contribution in [2.75, 3.05) is 19.5 Å². The van der Waals surface area contributed by atoms with Crippen LogP contribution in [0.5, 0.6) is 11.5 Å². The van der Waals surface area contributed by atoms with Crippen LogP contribution in [0.4, 0.5) is 5.82 Å². The number of ether oxygens (including phenoxy) is 2. The van der Waals surface area contributed by atoms with E-state index in [1.807, 2.05) is 25.2 Å². The Kier molecular flexibility index (Phi) is 5.88. The summed E-state index contributed by atoms with van der Waals surface area (Å²) in [6.45, 7) is 0. The number of anilines is 1. The molecule has 1 aromatic heterocycles. The first-order valence-electron chi connectivity index (χ1n) is 9.85. The van der Waals surface area contributed by atoms with Crippen LogP contribution in [0.25, 0.3) is 22.0 Å². The van der Waals surface area contributed by atoms with Crippen LogP contribution in [0.1, 0.15) is 10.4 Å². The fraction of sp³-hybridized carbons (Fsp3) is 0.120. The van der Waals surface area contributed by atoms with Gasteiger partial charge < -0.3 is 19.4 Å². The number of amides is 1. The number of hydrogen-bond acceptors (Lipinski definition) is 4. The van der Waals surface area contributed by atoms with Gasteiger partial charge in [-0.15, -0.1) is 0 Å². The number of methoxy groups -OCH3 is 2. The second kappa shape index (κ2) is 8.77. The first-order chi connectivity index (χ1) is 15.4. The van der Waals surface area contributed by atoms with Crippen molar-refractivity contribution in [3.63, 3.8) is 0 Å². The van der Waals surface area contributed by atoms with Gasteiger partial charge in [-0.25, -0.2) is 0 Å². The smallest absolute Gasteiger partial charge is 0.256 e. The van der Waals surface area contributed by atoms with Crippen molar-refractivity contribution in [2.24, 2.45) is 7.05 Å². The van der Waals surface area contributed by atoms with Gasteiger partial charge in [0.25, 0.3) is 5.91 Å². The maximum Gasteiger partial charge on any atom is 0.256 e. The summed E-state index contributed by atoms with van der Waals surface area (Å²) >= 11 is 5.95.